The van der Waals surface area contributed by atoms with Crippen molar-refractivity contribution in [3.05, 3.63) is 0 Å². The van der Waals surface area contributed by atoms with Gasteiger partial charge in [-0.3, -0.25) is 9.59 Å². The third-order valence-corrected chi connectivity index (χ3v) is 3.85. The monoisotopic (exact) mass is 299 g/mol. The topological polar surface area (TPSA) is 66.4 Å². The summed E-state index contributed by atoms with van der Waals surface area (Å²) in [5.41, 5.74) is -4.31. The lowest BCUT2D eigenvalue weighted by atomic mass is 9.95. The zero-order chi connectivity index (χ0) is 14.6. The number of alkyl halides is 3. The molecule has 1 amide bonds. The van der Waals surface area contributed by atoms with Gasteiger partial charge >= 0.3 is 11.5 Å². The van der Waals surface area contributed by atoms with Gasteiger partial charge in [0, 0.05) is 12.3 Å². The minimum absolute atomic E-state index is 0.111. The van der Waals surface area contributed by atoms with Gasteiger partial charge in [0.1, 0.15) is 0 Å². The summed E-state index contributed by atoms with van der Waals surface area (Å²) in [4.78, 5) is 22.8. The van der Waals surface area contributed by atoms with Crippen LogP contribution < -0.4 is 5.32 Å². The molecule has 1 aliphatic carbocycles. The molecular weight excluding hydrogens is 283 g/mol. The van der Waals surface area contributed by atoms with Crippen LogP contribution in [0.2, 0.25) is 0 Å². The zero-order valence-corrected chi connectivity index (χ0v) is 11.2. The first-order chi connectivity index (χ1) is 8.70. The summed E-state index contributed by atoms with van der Waals surface area (Å²) in [5, 5.41) is 11.4. The molecule has 0 saturated heterocycles. The number of rotatable bonds is 5. The maximum atomic E-state index is 11.9. The summed E-state index contributed by atoms with van der Waals surface area (Å²) < 4.78 is 35.6. The summed E-state index contributed by atoms with van der Waals surface area (Å²) in [5.74, 6) is -2.97. The molecule has 1 unspecified atom stereocenters. The molecule has 8 heteroatoms. The fraction of sp³-hybridized carbons (Fsp3) is 0.818. The van der Waals surface area contributed by atoms with Gasteiger partial charge in [0.2, 0.25) is 5.91 Å². The Hall–Kier alpha value is -0.920. The summed E-state index contributed by atoms with van der Waals surface area (Å²) >= 11 is -0.205. The lowest BCUT2D eigenvalue weighted by molar-refractivity contribution is -0.146. The van der Waals surface area contributed by atoms with E-state index in [0.717, 1.165) is 0 Å². The van der Waals surface area contributed by atoms with Crippen molar-refractivity contribution >= 4 is 23.6 Å². The van der Waals surface area contributed by atoms with E-state index in [2.05, 4.69) is 5.32 Å². The maximum absolute atomic E-state index is 11.9. The fourth-order valence-corrected chi connectivity index (χ4v) is 2.76. The van der Waals surface area contributed by atoms with Gasteiger partial charge in [0.25, 0.3) is 0 Å². The van der Waals surface area contributed by atoms with Gasteiger partial charge in [-0.25, -0.2) is 0 Å². The molecule has 1 aliphatic rings. The molecule has 3 atom stereocenters. The van der Waals surface area contributed by atoms with Gasteiger partial charge < -0.3 is 10.4 Å². The number of carboxylic acid groups (broad SMARTS) is 1. The molecule has 0 aliphatic heterocycles. The Morgan fingerprint density at radius 1 is 1.32 bits per heavy atom. The van der Waals surface area contributed by atoms with Crippen molar-refractivity contribution in [2.24, 2.45) is 17.8 Å². The SMILES string of the molecule is CC1C[C@H](C(=O)NCCSC(F)(F)F)[C@H](C(=O)O)C1. The molecule has 0 spiro atoms. The van der Waals surface area contributed by atoms with Crippen LogP contribution in [0.5, 0.6) is 0 Å². The van der Waals surface area contributed by atoms with Crippen molar-refractivity contribution < 1.29 is 27.9 Å². The van der Waals surface area contributed by atoms with Crippen LogP contribution in [0, 0.1) is 17.8 Å². The van der Waals surface area contributed by atoms with E-state index in [0.29, 0.717) is 12.8 Å². The lowest BCUT2D eigenvalue weighted by Crippen LogP contribution is -2.36. The fourth-order valence-electron chi connectivity index (χ4n) is 2.33. The Bertz CT molecular complexity index is 349. The van der Waals surface area contributed by atoms with Crippen LogP contribution in [0.4, 0.5) is 13.2 Å². The first-order valence-corrected chi connectivity index (χ1v) is 6.90. The predicted octanol–water partition coefficient (Wildman–Crippen LogP) is 2.10. The molecule has 2 N–H and O–H groups in total. The lowest BCUT2D eigenvalue weighted by Gasteiger charge is -2.15. The molecule has 110 valence electrons. The van der Waals surface area contributed by atoms with Crippen molar-refractivity contribution in [3.8, 4) is 0 Å². The van der Waals surface area contributed by atoms with Crippen LogP contribution in [-0.4, -0.2) is 34.8 Å². The van der Waals surface area contributed by atoms with Crippen LogP contribution in [0.15, 0.2) is 0 Å². The predicted molar refractivity (Wildman–Crippen MR) is 64.5 cm³/mol. The highest BCUT2D eigenvalue weighted by Crippen LogP contribution is 2.36. The van der Waals surface area contributed by atoms with Gasteiger partial charge in [0.05, 0.1) is 11.8 Å². The van der Waals surface area contributed by atoms with Gasteiger partial charge in [0.15, 0.2) is 0 Å². The second kappa shape index (κ2) is 6.49. The third kappa shape index (κ3) is 5.30. The Labute approximate surface area is 113 Å². The maximum Gasteiger partial charge on any atom is 0.441 e. The summed E-state index contributed by atoms with van der Waals surface area (Å²) in [6.07, 6.45) is 0.903. The number of hydrogen-bond donors (Lipinski definition) is 2. The molecule has 19 heavy (non-hydrogen) atoms. The smallest absolute Gasteiger partial charge is 0.441 e. The number of carboxylic acids is 1. The Morgan fingerprint density at radius 3 is 2.42 bits per heavy atom. The summed E-state index contributed by atoms with van der Waals surface area (Å²) in [6, 6.07) is 0. The second-order valence-electron chi connectivity index (χ2n) is 4.71. The first kappa shape index (κ1) is 16.1. The molecule has 0 heterocycles. The number of aliphatic carboxylic acids is 1. The second-order valence-corrected chi connectivity index (χ2v) is 5.87. The number of amides is 1. The molecule has 0 aromatic heterocycles. The molecule has 1 rings (SSSR count). The van der Waals surface area contributed by atoms with E-state index in [1.165, 1.54) is 0 Å². The van der Waals surface area contributed by atoms with Gasteiger partial charge in [-0.05, 0) is 30.5 Å². The van der Waals surface area contributed by atoms with E-state index < -0.39 is 29.2 Å². The Morgan fingerprint density at radius 2 is 1.89 bits per heavy atom. The van der Waals surface area contributed by atoms with E-state index in [1.54, 1.807) is 0 Å². The highest BCUT2D eigenvalue weighted by atomic mass is 32.2. The van der Waals surface area contributed by atoms with Gasteiger partial charge in [-0.1, -0.05) is 6.92 Å². The minimum atomic E-state index is -4.31. The van der Waals surface area contributed by atoms with Crippen molar-refractivity contribution in [1.29, 1.82) is 0 Å². The summed E-state index contributed by atoms with van der Waals surface area (Å²) in [7, 11) is 0. The first-order valence-electron chi connectivity index (χ1n) is 5.92. The number of halogens is 3. The summed E-state index contributed by atoms with van der Waals surface area (Å²) in [6.45, 7) is 1.75. The third-order valence-electron chi connectivity index (χ3n) is 3.12. The molecular formula is C11H16F3NO3S. The van der Waals surface area contributed by atoms with Crippen molar-refractivity contribution in [1.82, 2.24) is 5.32 Å². The number of carbonyl (C=O) groups is 2. The number of carbonyl (C=O) groups excluding carboxylic acids is 1. The molecule has 4 nitrogen and oxygen atoms in total. The van der Waals surface area contributed by atoms with Crippen LogP contribution in [0.3, 0.4) is 0 Å². The van der Waals surface area contributed by atoms with Crippen molar-refractivity contribution in [3.63, 3.8) is 0 Å². The number of hydrogen-bond acceptors (Lipinski definition) is 3. The highest BCUT2D eigenvalue weighted by molar-refractivity contribution is 8.00. The molecule has 1 saturated carbocycles. The molecule has 1 fully saturated rings. The highest BCUT2D eigenvalue weighted by Gasteiger charge is 2.41. The van der Waals surface area contributed by atoms with Crippen molar-refractivity contribution in [2.45, 2.75) is 25.3 Å². The Kier molecular flexibility index (Phi) is 5.51. The normalized spacial score (nSPS) is 27.3. The average molecular weight is 299 g/mol. The van der Waals surface area contributed by atoms with Crippen molar-refractivity contribution in [2.75, 3.05) is 12.3 Å². The van der Waals surface area contributed by atoms with Crippen LogP contribution in [-0.2, 0) is 9.59 Å². The van der Waals surface area contributed by atoms with E-state index in [4.69, 9.17) is 5.11 Å². The molecule has 0 aromatic rings. The van der Waals surface area contributed by atoms with Gasteiger partial charge in [-0.2, -0.15) is 13.2 Å². The Balaban J connectivity index is 2.38. The number of thioether (sulfide) groups is 1. The van der Waals surface area contributed by atoms with Crippen LogP contribution in [0.1, 0.15) is 19.8 Å². The van der Waals surface area contributed by atoms with E-state index in [9.17, 15) is 22.8 Å². The van der Waals surface area contributed by atoms with E-state index >= 15 is 0 Å². The average Bonchev–Trinajstić information content (AvgIpc) is 2.65. The standard InChI is InChI=1S/C11H16F3NO3S/c1-6-4-7(8(5-6)10(17)18)9(16)15-2-3-19-11(12,13)14/h6-8H,2-5H2,1H3,(H,15,16)(H,17,18)/t6?,7-,8+/m0/s1. The molecule has 0 bridgehead atoms. The van der Waals surface area contributed by atoms with Crippen LogP contribution >= 0.6 is 11.8 Å². The largest absolute Gasteiger partial charge is 0.481 e. The van der Waals surface area contributed by atoms with Gasteiger partial charge in [-0.15, -0.1) is 0 Å². The van der Waals surface area contributed by atoms with Crippen LogP contribution in [0.25, 0.3) is 0 Å². The van der Waals surface area contributed by atoms with E-state index in [-0.39, 0.29) is 30.0 Å². The zero-order valence-electron chi connectivity index (χ0n) is 10.4. The van der Waals surface area contributed by atoms with E-state index in [1.807, 2.05) is 6.92 Å². The quantitative estimate of drug-likeness (QED) is 0.763. The minimum Gasteiger partial charge on any atom is -0.481 e. The molecule has 0 radical (unpaired) electrons. The number of nitrogens with one attached hydrogen (secondary N) is 1. The molecule has 0 aromatic carbocycles.